The van der Waals surface area contributed by atoms with Crippen LogP contribution in [0, 0.1) is 0 Å². The molecule has 6 N–H and O–H groups in total. The summed E-state index contributed by atoms with van der Waals surface area (Å²) in [6, 6.07) is 9.90. The molecule has 0 aliphatic rings. The van der Waals surface area contributed by atoms with E-state index < -0.39 is 11.5 Å². The van der Waals surface area contributed by atoms with E-state index in [0.717, 1.165) is 16.5 Å². The first-order chi connectivity index (χ1) is 16.2. The highest BCUT2D eigenvalue weighted by molar-refractivity contribution is 5.86. The van der Waals surface area contributed by atoms with Crippen molar-refractivity contribution in [3.05, 3.63) is 53.7 Å². The van der Waals surface area contributed by atoms with Gasteiger partial charge in [-0.2, -0.15) is 0 Å². The molecule has 0 radical (unpaired) electrons. The van der Waals surface area contributed by atoms with E-state index >= 15 is 0 Å². The van der Waals surface area contributed by atoms with Crippen LogP contribution in [0.3, 0.4) is 0 Å². The number of carbonyl (C=O) groups excluding carboxylic acids is 2. The zero-order chi connectivity index (χ0) is 24.9. The number of aromatic nitrogens is 1. The number of fused-ring (bicyclic) bond motifs is 1. The van der Waals surface area contributed by atoms with Crippen LogP contribution in [0.5, 0.6) is 17.2 Å². The Bertz CT molecular complexity index is 1190. The van der Waals surface area contributed by atoms with Crippen LogP contribution in [-0.4, -0.2) is 45.9 Å². The molecular weight excluding hydrogens is 440 g/mol. The number of carbonyl (C=O) groups is 2. The molecule has 0 aliphatic carbocycles. The van der Waals surface area contributed by atoms with Crippen molar-refractivity contribution in [2.24, 2.45) is 5.84 Å². The van der Waals surface area contributed by atoms with E-state index in [2.05, 4.69) is 10.7 Å². The third-order valence-electron chi connectivity index (χ3n) is 5.64. The summed E-state index contributed by atoms with van der Waals surface area (Å²) in [6.45, 7) is 3.48. The first-order valence-corrected chi connectivity index (χ1v) is 10.7. The van der Waals surface area contributed by atoms with E-state index in [4.69, 9.17) is 15.3 Å². The largest absolute Gasteiger partial charge is 0.504 e. The number of hydrogen-bond donors (Lipinski definition) is 5. The summed E-state index contributed by atoms with van der Waals surface area (Å²) in [5, 5.41) is 23.0. The van der Waals surface area contributed by atoms with Gasteiger partial charge >= 0.3 is 5.97 Å². The van der Waals surface area contributed by atoms with Gasteiger partial charge < -0.3 is 29.6 Å². The van der Waals surface area contributed by atoms with Crippen LogP contribution in [0.15, 0.2) is 42.6 Å². The van der Waals surface area contributed by atoms with E-state index in [9.17, 15) is 19.8 Å². The average molecular weight is 471 g/mol. The van der Waals surface area contributed by atoms with Crippen molar-refractivity contribution >= 4 is 22.8 Å². The summed E-state index contributed by atoms with van der Waals surface area (Å²) in [7, 11) is 1.59. The second kappa shape index (κ2) is 10.4. The SMILES string of the molecule is COc1ccc2c(c1)c(CCNC(C)=O)cn2COC(=O)C(C)(Cc1ccc(O)c(O)c1)NN. The number of aromatic hydroxyl groups is 2. The van der Waals surface area contributed by atoms with E-state index in [0.29, 0.717) is 24.3 Å². The van der Waals surface area contributed by atoms with Gasteiger partial charge in [0.05, 0.1) is 12.6 Å². The lowest BCUT2D eigenvalue weighted by atomic mass is 9.93. The third-order valence-corrected chi connectivity index (χ3v) is 5.64. The fourth-order valence-corrected chi connectivity index (χ4v) is 3.71. The van der Waals surface area contributed by atoms with Crippen LogP contribution in [-0.2, 0) is 33.9 Å². The number of phenolic OH excluding ortho intramolecular Hbond substituents is 2. The van der Waals surface area contributed by atoms with Gasteiger partial charge in [-0.25, -0.2) is 10.2 Å². The van der Waals surface area contributed by atoms with Crippen molar-refractivity contribution in [1.82, 2.24) is 15.3 Å². The van der Waals surface area contributed by atoms with Gasteiger partial charge in [0.25, 0.3) is 0 Å². The van der Waals surface area contributed by atoms with Crippen LogP contribution in [0.2, 0.25) is 0 Å². The first kappa shape index (κ1) is 24.9. The Hall–Kier alpha value is -3.76. The zero-order valence-corrected chi connectivity index (χ0v) is 19.4. The molecule has 10 heteroatoms. The Morgan fingerprint density at radius 3 is 2.56 bits per heavy atom. The summed E-state index contributed by atoms with van der Waals surface area (Å²) >= 11 is 0. The molecule has 0 bridgehead atoms. The Morgan fingerprint density at radius 2 is 1.91 bits per heavy atom. The molecule has 1 amide bonds. The summed E-state index contributed by atoms with van der Waals surface area (Å²) in [5.41, 5.74) is 3.64. The van der Waals surface area contributed by atoms with Gasteiger partial charge in [-0.15, -0.1) is 0 Å². The summed E-state index contributed by atoms with van der Waals surface area (Å²) in [6.07, 6.45) is 2.60. The average Bonchev–Trinajstić information content (AvgIpc) is 3.16. The molecule has 182 valence electrons. The lowest BCUT2D eigenvalue weighted by Gasteiger charge is -2.26. The standard InChI is InChI=1S/C24H30N4O6/c1-15(29)26-9-8-17-13-28(20-6-5-18(33-3)11-19(17)20)14-34-23(32)24(2,27-25)12-16-4-7-21(30)22(31)10-16/h4-7,10-11,13,27,30-31H,8-9,12,14,25H2,1-3H3,(H,26,29). The number of amides is 1. The smallest absolute Gasteiger partial charge is 0.329 e. The Labute approximate surface area is 197 Å². The maximum absolute atomic E-state index is 13.0. The lowest BCUT2D eigenvalue weighted by molar-refractivity contribution is -0.155. The Balaban J connectivity index is 1.78. The Morgan fingerprint density at radius 1 is 1.15 bits per heavy atom. The number of phenols is 2. The maximum atomic E-state index is 13.0. The van der Waals surface area contributed by atoms with Crippen molar-refractivity contribution in [3.63, 3.8) is 0 Å². The molecule has 0 saturated heterocycles. The number of rotatable bonds is 10. The Kier molecular flexibility index (Phi) is 7.64. The van der Waals surface area contributed by atoms with Gasteiger partial charge in [0.1, 0.15) is 11.3 Å². The fourth-order valence-electron chi connectivity index (χ4n) is 3.71. The minimum absolute atomic E-state index is 0.0557. The minimum Gasteiger partial charge on any atom is -0.504 e. The quantitative estimate of drug-likeness (QED) is 0.130. The lowest BCUT2D eigenvalue weighted by Crippen LogP contribution is -2.55. The van der Waals surface area contributed by atoms with Crippen LogP contribution >= 0.6 is 0 Å². The first-order valence-electron chi connectivity index (χ1n) is 10.7. The molecule has 2 aromatic carbocycles. The number of nitrogens with two attached hydrogens (primary N) is 1. The molecule has 10 nitrogen and oxygen atoms in total. The van der Waals surface area contributed by atoms with Crippen LogP contribution < -0.4 is 21.3 Å². The molecule has 1 aromatic heterocycles. The molecule has 3 aromatic rings. The second-order valence-electron chi connectivity index (χ2n) is 8.28. The number of methoxy groups -OCH3 is 1. The van der Waals surface area contributed by atoms with Crippen molar-refractivity contribution < 1.29 is 29.3 Å². The van der Waals surface area contributed by atoms with Crippen molar-refractivity contribution in [3.8, 4) is 17.2 Å². The molecule has 1 atom stereocenters. The third kappa shape index (κ3) is 5.59. The highest BCUT2D eigenvalue weighted by Gasteiger charge is 2.34. The van der Waals surface area contributed by atoms with Gasteiger partial charge in [-0.1, -0.05) is 6.07 Å². The number of esters is 1. The predicted molar refractivity (Wildman–Crippen MR) is 126 cm³/mol. The minimum atomic E-state index is -1.27. The van der Waals surface area contributed by atoms with Gasteiger partial charge in [-0.05, 0) is 54.8 Å². The molecule has 0 aliphatic heterocycles. The van der Waals surface area contributed by atoms with Gasteiger partial charge in [0, 0.05) is 31.5 Å². The molecule has 1 heterocycles. The molecule has 0 saturated carbocycles. The van der Waals surface area contributed by atoms with E-state index in [1.165, 1.54) is 19.1 Å². The number of hydrogen-bond acceptors (Lipinski definition) is 8. The van der Waals surface area contributed by atoms with Crippen LogP contribution in [0.1, 0.15) is 25.0 Å². The molecule has 0 spiro atoms. The van der Waals surface area contributed by atoms with Crippen molar-refractivity contribution in [2.75, 3.05) is 13.7 Å². The topological polar surface area (TPSA) is 148 Å². The second-order valence-corrected chi connectivity index (χ2v) is 8.28. The van der Waals surface area contributed by atoms with E-state index in [1.54, 1.807) is 24.7 Å². The number of ether oxygens (including phenoxy) is 2. The molecule has 1 unspecified atom stereocenters. The van der Waals surface area contributed by atoms with Crippen molar-refractivity contribution in [1.29, 1.82) is 0 Å². The number of nitrogens with one attached hydrogen (secondary N) is 2. The molecule has 0 fully saturated rings. The number of nitrogens with zero attached hydrogens (tertiary/aromatic N) is 1. The molecule has 3 rings (SSSR count). The highest BCUT2D eigenvalue weighted by atomic mass is 16.5. The molecule has 34 heavy (non-hydrogen) atoms. The molecular formula is C24H30N4O6. The fraction of sp³-hybridized carbons (Fsp3) is 0.333. The number of hydrazine groups is 1. The van der Waals surface area contributed by atoms with E-state index in [1.807, 2.05) is 24.4 Å². The van der Waals surface area contributed by atoms with Gasteiger partial charge in [0.2, 0.25) is 5.91 Å². The number of benzene rings is 2. The highest BCUT2D eigenvalue weighted by Crippen LogP contribution is 2.28. The van der Waals surface area contributed by atoms with Gasteiger partial charge in [-0.3, -0.25) is 10.6 Å². The van der Waals surface area contributed by atoms with Gasteiger partial charge in [0.15, 0.2) is 18.2 Å². The predicted octanol–water partition coefficient (Wildman–Crippen LogP) is 1.71. The zero-order valence-electron chi connectivity index (χ0n) is 19.4. The summed E-state index contributed by atoms with van der Waals surface area (Å²) in [4.78, 5) is 24.2. The van der Waals surface area contributed by atoms with Crippen LogP contribution in [0.25, 0.3) is 10.9 Å². The monoisotopic (exact) mass is 470 g/mol. The normalized spacial score (nSPS) is 12.8. The maximum Gasteiger partial charge on any atom is 0.329 e. The van der Waals surface area contributed by atoms with Crippen molar-refractivity contribution in [2.45, 2.75) is 39.0 Å². The van der Waals surface area contributed by atoms with Crippen LogP contribution in [0.4, 0.5) is 0 Å². The summed E-state index contributed by atoms with van der Waals surface area (Å²) in [5.74, 6) is 5.15. The summed E-state index contributed by atoms with van der Waals surface area (Å²) < 4.78 is 12.7. The van der Waals surface area contributed by atoms with E-state index in [-0.39, 0.29) is 30.6 Å².